The van der Waals surface area contributed by atoms with E-state index in [9.17, 15) is 0 Å². The summed E-state index contributed by atoms with van der Waals surface area (Å²) in [5, 5.41) is 3.75. The van der Waals surface area contributed by atoms with Crippen LogP contribution in [0.1, 0.15) is 26.2 Å². The Labute approximate surface area is 80.0 Å². The van der Waals surface area contributed by atoms with Gasteiger partial charge in [0, 0.05) is 0 Å². The van der Waals surface area contributed by atoms with E-state index in [0.29, 0.717) is 5.92 Å². The van der Waals surface area contributed by atoms with Gasteiger partial charge in [0.25, 0.3) is 0 Å². The molecule has 1 aliphatic carbocycles. The number of hydrogen-bond acceptors (Lipinski definition) is 2. The Hall–Kier alpha value is -1.05. The van der Waals surface area contributed by atoms with Gasteiger partial charge in [0.2, 0.25) is 0 Å². The zero-order valence-corrected chi connectivity index (χ0v) is 8.42. The van der Waals surface area contributed by atoms with Crippen LogP contribution in [-0.2, 0) is 4.84 Å². The minimum atomic E-state index is 0.666. The molecule has 0 amide bonds. The standard InChI is InChI=1S/C11H17NO/c1-9(2)11-6-4-10(5-7-11)8-12-13-3/h4,8,11H,1,5-7H2,2-3H3/b12-8+/t11-/m1/s1. The Kier molecular flexibility index (Phi) is 3.74. The molecule has 0 aliphatic heterocycles. The summed E-state index contributed by atoms with van der Waals surface area (Å²) in [5.74, 6) is 0.666. The topological polar surface area (TPSA) is 21.6 Å². The minimum absolute atomic E-state index is 0.666. The fraction of sp³-hybridized carbons (Fsp3) is 0.545. The van der Waals surface area contributed by atoms with Crippen LogP contribution in [0.25, 0.3) is 0 Å². The summed E-state index contributed by atoms with van der Waals surface area (Å²) in [7, 11) is 1.57. The molecule has 0 unspecified atom stereocenters. The van der Waals surface area contributed by atoms with Crippen molar-refractivity contribution in [1.82, 2.24) is 0 Å². The second kappa shape index (κ2) is 4.85. The summed E-state index contributed by atoms with van der Waals surface area (Å²) in [6.07, 6.45) is 7.40. The predicted octanol–water partition coefficient (Wildman–Crippen LogP) is 2.92. The molecule has 0 spiro atoms. The van der Waals surface area contributed by atoms with Crippen LogP contribution in [0.5, 0.6) is 0 Å². The summed E-state index contributed by atoms with van der Waals surface area (Å²) >= 11 is 0. The van der Waals surface area contributed by atoms with E-state index >= 15 is 0 Å². The van der Waals surface area contributed by atoms with Gasteiger partial charge in [-0.25, -0.2) is 0 Å². The highest BCUT2D eigenvalue weighted by Crippen LogP contribution is 2.27. The Morgan fingerprint density at radius 1 is 1.77 bits per heavy atom. The van der Waals surface area contributed by atoms with Gasteiger partial charge in [-0.2, -0.15) is 0 Å². The van der Waals surface area contributed by atoms with Crippen LogP contribution in [0.2, 0.25) is 0 Å². The SMILES string of the molecule is C=C(C)[C@@H]1CC=C(/C=N/OC)CC1. The Morgan fingerprint density at radius 3 is 3.00 bits per heavy atom. The van der Waals surface area contributed by atoms with E-state index in [4.69, 9.17) is 0 Å². The number of rotatable bonds is 3. The molecule has 0 aromatic rings. The second-order valence-corrected chi connectivity index (χ2v) is 3.51. The van der Waals surface area contributed by atoms with E-state index < -0.39 is 0 Å². The van der Waals surface area contributed by atoms with Crippen molar-refractivity contribution in [3.8, 4) is 0 Å². The molecule has 72 valence electrons. The van der Waals surface area contributed by atoms with Gasteiger partial charge in [-0.15, -0.1) is 0 Å². The highest BCUT2D eigenvalue weighted by atomic mass is 16.6. The molecule has 0 aromatic carbocycles. The lowest BCUT2D eigenvalue weighted by atomic mass is 9.86. The maximum Gasteiger partial charge on any atom is 0.106 e. The number of allylic oxidation sites excluding steroid dienone is 3. The van der Waals surface area contributed by atoms with Crippen molar-refractivity contribution in [2.75, 3.05) is 7.11 Å². The van der Waals surface area contributed by atoms with Crippen LogP contribution in [0.4, 0.5) is 0 Å². The number of nitrogens with zero attached hydrogens (tertiary/aromatic N) is 1. The first kappa shape index (κ1) is 10.0. The number of hydrogen-bond donors (Lipinski definition) is 0. The van der Waals surface area contributed by atoms with Gasteiger partial charge in [0.1, 0.15) is 7.11 Å². The van der Waals surface area contributed by atoms with Gasteiger partial charge in [-0.1, -0.05) is 23.4 Å². The van der Waals surface area contributed by atoms with Crippen molar-refractivity contribution in [2.24, 2.45) is 11.1 Å². The molecule has 0 saturated heterocycles. The maximum absolute atomic E-state index is 4.63. The molecule has 0 aromatic heterocycles. The third-order valence-electron chi connectivity index (χ3n) is 2.47. The smallest absolute Gasteiger partial charge is 0.106 e. The lowest BCUT2D eigenvalue weighted by Gasteiger charge is -2.19. The van der Waals surface area contributed by atoms with Crippen LogP contribution in [0.15, 0.2) is 29.0 Å². The molecule has 2 nitrogen and oxygen atoms in total. The van der Waals surface area contributed by atoms with E-state index in [0.717, 1.165) is 12.8 Å². The molecule has 1 aliphatic rings. The van der Waals surface area contributed by atoms with Crippen molar-refractivity contribution in [3.63, 3.8) is 0 Å². The molecule has 0 saturated carbocycles. The van der Waals surface area contributed by atoms with E-state index in [-0.39, 0.29) is 0 Å². The zero-order chi connectivity index (χ0) is 9.68. The van der Waals surface area contributed by atoms with Gasteiger partial charge in [0.05, 0.1) is 6.21 Å². The summed E-state index contributed by atoms with van der Waals surface area (Å²) < 4.78 is 0. The molecule has 13 heavy (non-hydrogen) atoms. The van der Waals surface area contributed by atoms with Crippen molar-refractivity contribution >= 4 is 6.21 Å². The average molecular weight is 179 g/mol. The molecule has 0 heterocycles. The van der Waals surface area contributed by atoms with Gasteiger partial charge >= 0.3 is 0 Å². The third-order valence-corrected chi connectivity index (χ3v) is 2.47. The van der Waals surface area contributed by atoms with E-state index in [1.165, 1.54) is 17.6 Å². The predicted molar refractivity (Wildman–Crippen MR) is 55.7 cm³/mol. The van der Waals surface area contributed by atoms with Gasteiger partial charge < -0.3 is 4.84 Å². The summed E-state index contributed by atoms with van der Waals surface area (Å²) in [6, 6.07) is 0. The maximum atomic E-state index is 4.63. The quantitative estimate of drug-likeness (QED) is 0.371. The molecule has 0 fully saturated rings. The van der Waals surface area contributed by atoms with Crippen LogP contribution in [0, 0.1) is 5.92 Å². The van der Waals surface area contributed by atoms with E-state index in [1.54, 1.807) is 13.3 Å². The van der Waals surface area contributed by atoms with Gasteiger partial charge in [-0.3, -0.25) is 0 Å². The lowest BCUT2D eigenvalue weighted by Crippen LogP contribution is -2.06. The molecule has 1 atom stereocenters. The Balaban J connectivity index is 2.47. The molecule has 1 rings (SSSR count). The Morgan fingerprint density at radius 2 is 2.54 bits per heavy atom. The van der Waals surface area contributed by atoms with E-state index in [2.05, 4.69) is 29.6 Å². The molecule has 2 heteroatoms. The van der Waals surface area contributed by atoms with E-state index in [1.807, 2.05) is 0 Å². The normalized spacial score (nSPS) is 22.9. The third kappa shape index (κ3) is 3.05. The lowest BCUT2D eigenvalue weighted by molar-refractivity contribution is 0.215. The number of oxime groups is 1. The van der Waals surface area contributed by atoms with Crippen LogP contribution in [-0.4, -0.2) is 13.3 Å². The first-order valence-electron chi connectivity index (χ1n) is 4.65. The van der Waals surface area contributed by atoms with Crippen molar-refractivity contribution in [1.29, 1.82) is 0 Å². The summed E-state index contributed by atoms with van der Waals surface area (Å²) in [5.41, 5.74) is 2.57. The average Bonchev–Trinajstić information content (AvgIpc) is 2.15. The zero-order valence-electron chi connectivity index (χ0n) is 8.42. The van der Waals surface area contributed by atoms with Gasteiger partial charge in [0.15, 0.2) is 0 Å². The van der Waals surface area contributed by atoms with Crippen molar-refractivity contribution in [2.45, 2.75) is 26.2 Å². The summed E-state index contributed by atoms with van der Waals surface area (Å²) in [4.78, 5) is 4.63. The van der Waals surface area contributed by atoms with Crippen molar-refractivity contribution < 1.29 is 4.84 Å². The monoisotopic (exact) mass is 179 g/mol. The summed E-state index contributed by atoms with van der Waals surface area (Å²) in [6.45, 7) is 6.08. The van der Waals surface area contributed by atoms with Crippen LogP contribution < -0.4 is 0 Å². The fourth-order valence-electron chi connectivity index (χ4n) is 1.54. The van der Waals surface area contributed by atoms with Crippen molar-refractivity contribution in [3.05, 3.63) is 23.8 Å². The molecular weight excluding hydrogens is 162 g/mol. The first-order chi connectivity index (χ1) is 6.24. The van der Waals surface area contributed by atoms with Gasteiger partial charge in [-0.05, 0) is 37.7 Å². The highest BCUT2D eigenvalue weighted by molar-refractivity contribution is 5.78. The van der Waals surface area contributed by atoms with Crippen LogP contribution in [0.3, 0.4) is 0 Å². The first-order valence-corrected chi connectivity index (χ1v) is 4.65. The molecular formula is C11H17NO. The molecule has 0 radical (unpaired) electrons. The minimum Gasteiger partial charge on any atom is -0.399 e. The Bertz CT molecular complexity index is 240. The molecule has 0 N–H and O–H groups in total. The highest BCUT2D eigenvalue weighted by Gasteiger charge is 2.13. The molecule has 0 bridgehead atoms. The second-order valence-electron chi connectivity index (χ2n) is 3.51. The van der Waals surface area contributed by atoms with Crippen LogP contribution >= 0.6 is 0 Å². The largest absolute Gasteiger partial charge is 0.399 e. The fourth-order valence-corrected chi connectivity index (χ4v) is 1.54.